The van der Waals surface area contributed by atoms with Crippen LogP contribution in [-0.2, 0) is 17.8 Å². The average molecular weight is 358 g/mol. The van der Waals surface area contributed by atoms with E-state index in [0.29, 0.717) is 24.9 Å². The van der Waals surface area contributed by atoms with E-state index in [-0.39, 0.29) is 17.6 Å². The second-order valence-corrected chi connectivity index (χ2v) is 5.99. The number of methoxy groups -OCH3 is 1. The highest BCUT2D eigenvalue weighted by molar-refractivity contribution is 5.93. The van der Waals surface area contributed by atoms with E-state index in [0.717, 1.165) is 11.1 Å². The largest absolute Gasteiger partial charge is 0.494 e. The van der Waals surface area contributed by atoms with Crippen molar-refractivity contribution in [3.8, 4) is 5.75 Å². The van der Waals surface area contributed by atoms with Gasteiger partial charge in [-0.05, 0) is 41.8 Å². The standard InChI is InChI=1S/C20H23FN2O3/c1-22-20(25)16-8-4-15(5-9-16)13-23(2)19(24)11-7-14-6-10-18(26-3)17(21)12-14/h4-6,8-10,12H,7,11,13H2,1-3H3,(H,22,25). The number of nitrogens with one attached hydrogen (secondary N) is 1. The molecule has 0 spiro atoms. The second-order valence-electron chi connectivity index (χ2n) is 5.99. The smallest absolute Gasteiger partial charge is 0.251 e. The number of nitrogens with zero attached hydrogens (tertiary/aromatic N) is 1. The summed E-state index contributed by atoms with van der Waals surface area (Å²) >= 11 is 0. The van der Waals surface area contributed by atoms with Gasteiger partial charge in [-0.2, -0.15) is 0 Å². The number of aryl methyl sites for hydroxylation is 1. The van der Waals surface area contributed by atoms with Crippen molar-refractivity contribution in [2.75, 3.05) is 21.2 Å². The number of hydrogen-bond acceptors (Lipinski definition) is 3. The Kier molecular flexibility index (Phi) is 6.72. The van der Waals surface area contributed by atoms with Crippen LogP contribution in [0.4, 0.5) is 4.39 Å². The van der Waals surface area contributed by atoms with Crippen LogP contribution < -0.4 is 10.1 Å². The van der Waals surface area contributed by atoms with Crippen molar-refractivity contribution in [3.63, 3.8) is 0 Å². The number of carbonyl (C=O) groups is 2. The molecule has 1 N–H and O–H groups in total. The molecule has 0 heterocycles. The summed E-state index contributed by atoms with van der Waals surface area (Å²) in [6.45, 7) is 0.448. The first-order chi connectivity index (χ1) is 12.4. The molecule has 0 saturated heterocycles. The molecule has 26 heavy (non-hydrogen) atoms. The number of ether oxygens (including phenoxy) is 1. The molecular weight excluding hydrogens is 335 g/mol. The zero-order valence-corrected chi connectivity index (χ0v) is 15.2. The van der Waals surface area contributed by atoms with Gasteiger partial charge in [0.05, 0.1) is 7.11 Å². The summed E-state index contributed by atoms with van der Waals surface area (Å²) < 4.78 is 18.6. The van der Waals surface area contributed by atoms with Crippen molar-refractivity contribution in [1.82, 2.24) is 10.2 Å². The zero-order chi connectivity index (χ0) is 19.1. The van der Waals surface area contributed by atoms with Gasteiger partial charge in [0.25, 0.3) is 5.91 Å². The maximum Gasteiger partial charge on any atom is 0.251 e. The third kappa shape index (κ3) is 5.05. The zero-order valence-electron chi connectivity index (χ0n) is 15.2. The molecule has 0 aromatic heterocycles. The average Bonchev–Trinajstić information content (AvgIpc) is 2.66. The normalized spacial score (nSPS) is 10.3. The van der Waals surface area contributed by atoms with Crippen LogP contribution >= 0.6 is 0 Å². The lowest BCUT2D eigenvalue weighted by Crippen LogP contribution is -2.26. The summed E-state index contributed by atoms with van der Waals surface area (Å²) in [4.78, 5) is 25.4. The van der Waals surface area contributed by atoms with Crippen molar-refractivity contribution >= 4 is 11.8 Å². The minimum absolute atomic E-state index is 0.0309. The summed E-state index contributed by atoms with van der Waals surface area (Å²) in [5.41, 5.74) is 2.26. The van der Waals surface area contributed by atoms with Crippen LogP contribution in [0.25, 0.3) is 0 Å². The predicted octanol–water partition coefficient (Wildman–Crippen LogP) is 2.79. The molecule has 2 aromatic rings. The summed E-state index contributed by atoms with van der Waals surface area (Å²) in [5, 5.41) is 2.57. The number of halogens is 1. The summed E-state index contributed by atoms with van der Waals surface area (Å²) in [6.07, 6.45) is 0.748. The Labute approximate surface area is 152 Å². The maximum absolute atomic E-state index is 13.7. The lowest BCUT2D eigenvalue weighted by molar-refractivity contribution is -0.130. The summed E-state index contributed by atoms with van der Waals surface area (Å²) in [5.74, 6) is -0.413. The van der Waals surface area contributed by atoms with Gasteiger partial charge in [0.1, 0.15) is 0 Å². The Morgan fingerprint density at radius 2 is 1.77 bits per heavy atom. The maximum atomic E-state index is 13.7. The predicted molar refractivity (Wildman–Crippen MR) is 97.6 cm³/mol. The Morgan fingerprint density at radius 1 is 1.12 bits per heavy atom. The lowest BCUT2D eigenvalue weighted by Gasteiger charge is -2.17. The van der Waals surface area contributed by atoms with Crippen LogP contribution in [0.15, 0.2) is 42.5 Å². The van der Waals surface area contributed by atoms with Gasteiger partial charge in [-0.25, -0.2) is 4.39 Å². The Bertz CT molecular complexity index is 775. The molecule has 0 unspecified atom stereocenters. The Hall–Kier alpha value is -2.89. The third-order valence-electron chi connectivity index (χ3n) is 4.13. The van der Waals surface area contributed by atoms with Crippen molar-refractivity contribution in [2.45, 2.75) is 19.4 Å². The number of amides is 2. The SMILES string of the molecule is CNC(=O)c1ccc(CN(C)C(=O)CCc2ccc(OC)c(F)c2)cc1. The molecule has 0 bridgehead atoms. The highest BCUT2D eigenvalue weighted by atomic mass is 19.1. The molecule has 0 radical (unpaired) electrons. The highest BCUT2D eigenvalue weighted by Gasteiger charge is 2.11. The Balaban J connectivity index is 1.89. The molecule has 0 fully saturated rings. The topological polar surface area (TPSA) is 58.6 Å². The van der Waals surface area contributed by atoms with Crippen molar-refractivity contribution < 1.29 is 18.7 Å². The van der Waals surface area contributed by atoms with E-state index in [9.17, 15) is 14.0 Å². The Morgan fingerprint density at radius 3 is 2.35 bits per heavy atom. The second kappa shape index (κ2) is 8.99. The first-order valence-electron chi connectivity index (χ1n) is 8.32. The van der Waals surface area contributed by atoms with Crippen molar-refractivity contribution in [3.05, 3.63) is 65.0 Å². The van der Waals surface area contributed by atoms with Crippen LogP contribution in [0.2, 0.25) is 0 Å². The van der Waals surface area contributed by atoms with E-state index in [1.807, 2.05) is 12.1 Å². The van der Waals surface area contributed by atoms with Gasteiger partial charge in [-0.15, -0.1) is 0 Å². The first kappa shape index (κ1) is 19.4. The highest BCUT2D eigenvalue weighted by Crippen LogP contribution is 2.18. The van der Waals surface area contributed by atoms with Crippen molar-refractivity contribution in [1.29, 1.82) is 0 Å². The van der Waals surface area contributed by atoms with E-state index in [1.165, 1.54) is 13.2 Å². The van der Waals surface area contributed by atoms with Crippen LogP contribution in [0.3, 0.4) is 0 Å². The molecule has 0 aliphatic carbocycles. The fourth-order valence-corrected chi connectivity index (χ4v) is 2.58. The van der Waals surface area contributed by atoms with Gasteiger partial charge < -0.3 is 15.0 Å². The number of benzene rings is 2. The fourth-order valence-electron chi connectivity index (χ4n) is 2.58. The molecule has 0 saturated carbocycles. The summed E-state index contributed by atoms with van der Waals surface area (Å²) in [6, 6.07) is 11.8. The number of hydrogen-bond donors (Lipinski definition) is 1. The van der Waals surface area contributed by atoms with Crippen LogP contribution in [0.1, 0.15) is 27.9 Å². The van der Waals surface area contributed by atoms with Gasteiger partial charge in [0.2, 0.25) is 5.91 Å². The number of carbonyl (C=O) groups excluding carboxylic acids is 2. The van der Waals surface area contributed by atoms with Crippen molar-refractivity contribution in [2.24, 2.45) is 0 Å². The van der Waals surface area contributed by atoms with Gasteiger partial charge in [-0.1, -0.05) is 18.2 Å². The minimum Gasteiger partial charge on any atom is -0.494 e. The van der Waals surface area contributed by atoms with Crippen LogP contribution in [0, 0.1) is 5.82 Å². The molecule has 138 valence electrons. The van der Waals surface area contributed by atoms with Gasteiger partial charge in [0, 0.05) is 32.6 Å². The molecule has 0 atom stereocenters. The van der Waals surface area contributed by atoms with E-state index < -0.39 is 5.82 Å². The van der Waals surface area contributed by atoms with E-state index in [1.54, 1.807) is 43.3 Å². The lowest BCUT2D eigenvalue weighted by atomic mass is 10.1. The van der Waals surface area contributed by atoms with Crippen LogP contribution in [0.5, 0.6) is 5.75 Å². The molecule has 6 heteroatoms. The van der Waals surface area contributed by atoms with Gasteiger partial charge in [0.15, 0.2) is 11.6 Å². The van der Waals surface area contributed by atoms with Gasteiger partial charge >= 0.3 is 0 Å². The molecule has 2 rings (SSSR count). The van der Waals surface area contributed by atoms with E-state index >= 15 is 0 Å². The molecule has 0 aliphatic heterocycles. The molecule has 0 aliphatic rings. The third-order valence-corrected chi connectivity index (χ3v) is 4.13. The van der Waals surface area contributed by atoms with Crippen LogP contribution in [-0.4, -0.2) is 37.9 Å². The molecule has 2 amide bonds. The fraction of sp³-hybridized carbons (Fsp3) is 0.300. The molecular formula is C20H23FN2O3. The molecule has 5 nitrogen and oxygen atoms in total. The molecule has 2 aromatic carbocycles. The quantitative estimate of drug-likeness (QED) is 0.828. The summed E-state index contributed by atoms with van der Waals surface area (Å²) in [7, 11) is 4.72. The van der Waals surface area contributed by atoms with E-state index in [4.69, 9.17) is 4.74 Å². The van der Waals surface area contributed by atoms with Gasteiger partial charge in [-0.3, -0.25) is 9.59 Å². The first-order valence-corrected chi connectivity index (χ1v) is 8.32. The number of rotatable bonds is 7. The monoisotopic (exact) mass is 358 g/mol. The minimum atomic E-state index is -0.429. The van der Waals surface area contributed by atoms with E-state index in [2.05, 4.69) is 5.32 Å².